The van der Waals surface area contributed by atoms with Gasteiger partial charge in [-0.05, 0) is 62.3 Å². The van der Waals surface area contributed by atoms with Crippen LogP contribution < -0.4 is 24.8 Å². The molecule has 3 aromatic rings. The minimum Gasteiger partial charge on any atom is -0.478 e. The van der Waals surface area contributed by atoms with Crippen molar-refractivity contribution >= 4 is 40.4 Å². The predicted molar refractivity (Wildman–Crippen MR) is 161 cm³/mol. The molecule has 216 valence electrons. The molecule has 0 bridgehead atoms. The summed E-state index contributed by atoms with van der Waals surface area (Å²) in [4.78, 5) is 15.4. The highest BCUT2D eigenvalue weighted by Crippen LogP contribution is 2.50. The van der Waals surface area contributed by atoms with Crippen LogP contribution in [0.3, 0.4) is 0 Å². The van der Waals surface area contributed by atoms with Crippen molar-refractivity contribution in [1.29, 1.82) is 0 Å². The highest BCUT2D eigenvalue weighted by Gasteiger charge is 2.37. The number of aliphatic hydroxyl groups is 2. The molecule has 8 rings (SSSR count). The minimum atomic E-state index is -1.97. The maximum absolute atomic E-state index is 12.9. The molecule has 5 aliphatic heterocycles. The highest BCUT2D eigenvalue weighted by molar-refractivity contribution is 6.38. The molecule has 0 radical (unpaired) electrons. The van der Waals surface area contributed by atoms with E-state index in [1.54, 1.807) is 0 Å². The number of benzene rings is 3. The van der Waals surface area contributed by atoms with Crippen LogP contribution in [0.4, 0.5) is 5.69 Å². The smallest absolute Gasteiger partial charge is 0.337 e. The number of carboxylic acid groups (broad SMARTS) is 1. The van der Waals surface area contributed by atoms with Gasteiger partial charge in [0.15, 0.2) is 6.29 Å². The predicted octanol–water partition coefficient (Wildman–Crippen LogP) is 4.11. The van der Waals surface area contributed by atoms with Crippen LogP contribution in [0.5, 0.6) is 11.5 Å². The fourth-order valence-corrected chi connectivity index (χ4v) is 8.70. The molecule has 0 unspecified atom stereocenters. The van der Waals surface area contributed by atoms with Crippen molar-refractivity contribution < 1.29 is 24.9 Å². The number of aromatic carboxylic acids is 1. The molecule has 0 saturated carbocycles. The molecule has 0 amide bonds. The lowest BCUT2D eigenvalue weighted by molar-refractivity contribution is -0.0424. The quantitative estimate of drug-likeness (QED) is 0.240. The van der Waals surface area contributed by atoms with Crippen LogP contribution in [0.25, 0.3) is 5.57 Å². The Balaban J connectivity index is 1.56. The number of ether oxygens (including phenoxy) is 1. The van der Waals surface area contributed by atoms with E-state index in [0.29, 0.717) is 5.57 Å². The Kier molecular flexibility index (Phi) is 6.13. The van der Waals surface area contributed by atoms with Gasteiger partial charge in [0.2, 0.25) is 5.36 Å². The number of aliphatic hydroxyl groups excluding tert-OH is 1. The second-order valence-electron chi connectivity index (χ2n) is 12.0. The van der Waals surface area contributed by atoms with Gasteiger partial charge in [-0.25, -0.2) is 9.37 Å². The number of aryl methyl sites for hydroxylation is 2. The van der Waals surface area contributed by atoms with Gasteiger partial charge in [-0.1, -0.05) is 23.2 Å². The SMILES string of the molecule is O=C(O)c1c(Cl)c(C(O)O)cc(Cl)c1C1=c2cc3c4c(c2Oc2c1cc1c5c2CCCN5CCC1)CCC[N+]=4CCC3. The summed E-state index contributed by atoms with van der Waals surface area (Å²) in [5.41, 5.74) is 7.54. The minimum absolute atomic E-state index is 0.106. The van der Waals surface area contributed by atoms with E-state index in [9.17, 15) is 20.1 Å². The van der Waals surface area contributed by atoms with Gasteiger partial charge in [-0.15, -0.1) is 0 Å². The van der Waals surface area contributed by atoms with E-state index < -0.39 is 12.3 Å². The van der Waals surface area contributed by atoms with Crippen LogP contribution >= 0.6 is 23.2 Å². The fourth-order valence-electron chi connectivity index (χ4n) is 8.06. The van der Waals surface area contributed by atoms with E-state index >= 15 is 0 Å². The highest BCUT2D eigenvalue weighted by atomic mass is 35.5. The number of carboxylic acids is 1. The average Bonchev–Trinajstić information content (AvgIpc) is 2.98. The number of hydrogen-bond donors (Lipinski definition) is 3. The van der Waals surface area contributed by atoms with Crippen molar-refractivity contribution in [1.82, 2.24) is 4.58 Å². The van der Waals surface area contributed by atoms with E-state index in [1.807, 2.05) is 0 Å². The van der Waals surface area contributed by atoms with Gasteiger partial charge in [0.25, 0.3) is 0 Å². The van der Waals surface area contributed by atoms with E-state index in [4.69, 9.17) is 27.9 Å². The number of fused-ring (bicyclic) bond motifs is 4. The maximum atomic E-state index is 12.9. The second kappa shape index (κ2) is 9.71. The van der Waals surface area contributed by atoms with Gasteiger partial charge in [0.1, 0.15) is 24.6 Å². The molecule has 3 N–H and O–H groups in total. The average molecular weight is 607 g/mol. The molecule has 0 spiro atoms. The Bertz CT molecular complexity index is 1860. The summed E-state index contributed by atoms with van der Waals surface area (Å²) in [7, 11) is 0. The van der Waals surface area contributed by atoms with Gasteiger partial charge in [-0.2, -0.15) is 0 Å². The van der Waals surface area contributed by atoms with Crippen molar-refractivity contribution in [2.24, 2.45) is 0 Å². The normalized spacial score (nSPS) is 18.3. The van der Waals surface area contributed by atoms with Crippen molar-refractivity contribution in [2.75, 3.05) is 31.1 Å². The molecule has 5 aliphatic rings. The van der Waals surface area contributed by atoms with Crippen LogP contribution in [0.15, 0.2) is 18.2 Å². The lowest BCUT2D eigenvalue weighted by Gasteiger charge is -2.39. The fraction of sp³-hybridized carbons (Fsp3) is 0.394. The van der Waals surface area contributed by atoms with Gasteiger partial charge < -0.3 is 25.0 Å². The third-order valence-corrected chi connectivity index (χ3v) is 10.4. The topological polar surface area (TPSA) is 93.2 Å². The first-order valence-corrected chi connectivity index (χ1v) is 15.6. The summed E-state index contributed by atoms with van der Waals surface area (Å²) in [6, 6.07) is 5.73. The largest absolute Gasteiger partial charge is 0.478 e. The van der Waals surface area contributed by atoms with Crippen LogP contribution in [-0.4, -0.2) is 47.5 Å². The Labute approximate surface area is 252 Å². The van der Waals surface area contributed by atoms with Gasteiger partial charge in [0, 0.05) is 75.3 Å². The van der Waals surface area contributed by atoms with E-state index in [-0.39, 0.29) is 26.7 Å². The van der Waals surface area contributed by atoms with Crippen LogP contribution in [0, 0.1) is 0 Å². The zero-order valence-electron chi connectivity index (χ0n) is 23.1. The van der Waals surface area contributed by atoms with Crippen molar-refractivity contribution in [3.63, 3.8) is 0 Å². The Hall–Kier alpha value is -3.10. The standard InChI is InChI=1S/C33H30Cl2N2O5/c34-23-15-22(32(38)39)27(35)26(33(40)41)25(23)24-20-13-16-5-1-9-36-11-3-7-18(28(16)36)30(20)42-31-19-8-4-12-37-10-2-6-17(29(19)37)14-21(24)31/h13-15,32,38-39H,1-12H2/p+1. The summed E-state index contributed by atoms with van der Waals surface area (Å²) in [5.74, 6) is 0.279. The number of anilines is 1. The molecule has 5 heterocycles. The summed E-state index contributed by atoms with van der Waals surface area (Å²) >= 11 is 13.6. The third kappa shape index (κ3) is 3.73. The zero-order chi connectivity index (χ0) is 28.9. The molecule has 0 fully saturated rings. The number of carbonyl (C=O) groups is 1. The Morgan fingerprint density at radius 2 is 1.62 bits per heavy atom. The van der Waals surface area contributed by atoms with Crippen LogP contribution in [-0.2, 0) is 25.7 Å². The maximum Gasteiger partial charge on any atom is 0.337 e. The van der Waals surface area contributed by atoms with Gasteiger partial charge in [-0.3, -0.25) is 0 Å². The van der Waals surface area contributed by atoms with E-state index in [0.717, 1.165) is 99.8 Å². The Morgan fingerprint density at radius 1 is 0.905 bits per heavy atom. The van der Waals surface area contributed by atoms with Crippen LogP contribution in [0.1, 0.15) is 81.3 Å². The third-order valence-electron chi connectivity index (χ3n) is 9.67. The van der Waals surface area contributed by atoms with Crippen molar-refractivity contribution in [3.05, 3.63) is 83.3 Å². The number of halogens is 2. The monoisotopic (exact) mass is 605 g/mol. The van der Waals surface area contributed by atoms with Crippen LogP contribution in [0.2, 0.25) is 10.0 Å². The molecule has 3 aromatic carbocycles. The first kappa shape index (κ1) is 26.5. The van der Waals surface area contributed by atoms with Gasteiger partial charge in [0.05, 0.1) is 16.1 Å². The number of nitrogens with zero attached hydrogens (tertiary/aromatic N) is 2. The first-order chi connectivity index (χ1) is 20.3. The molecule has 0 aliphatic carbocycles. The molecule has 0 aromatic heterocycles. The lowest BCUT2D eigenvalue weighted by Crippen LogP contribution is -2.45. The van der Waals surface area contributed by atoms with Crippen molar-refractivity contribution in [3.8, 4) is 11.5 Å². The molecule has 0 saturated heterocycles. The number of rotatable bonds is 3. The molecular weight excluding hydrogens is 575 g/mol. The van der Waals surface area contributed by atoms with E-state index in [2.05, 4.69) is 21.6 Å². The molecule has 42 heavy (non-hydrogen) atoms. The molecule has 0 atom stereocenters. The first-order valence-electron chi connectivity index (χ1n) is 14.9. The molecular formula is C33H31Cl2N2O5+. The van der Waals surface area contributed by atoms with Crippen molar-refractivity contribution in [2.45, 2.75) is 57.7 Å². The summed E-state index contributed by atoms with van der Waals surface area (Å²) < 4.78 is 9.50. The summed E-state index contributed by atoms with van der Waals surface area (Å²) in [6.45, 7) is 4.09. The Morgan fingerprint density at radius 3 is 2.38 bits per heavy atom. The lowest BCUT2D eigenvalue weighted by atomic mass is 9.81. The second-order valence-corrected chi connectivity index (χ2v) is 12.8. The van der Waals surface area contributed by atoms with E-state index in [1.165, 1.54) is 39.4 Å². The van der Waals surface area contributed by atoms with Gasteiger partial charge >= 0.3 is 5.97 Å². The number of hydrogen-bond acceptors (Lipinski definition) is 5. The molecule has 9 heteroatoms. The molecule has 7 nitrogen and oxygen atoms in total. The summed E-state index contributed by atoms with van der Waals surface area (Å²) in [6.07, 6.45) is 5.83. The summed E-state index contributed by atoms with van der Waals surface area (Å²) in [5, 5.41) is 32.5. The zero-order valence-corrected chi connectivity index (χ0v) is 24.6.